The topological polar surface area (TPSA) is 55.4 Å². The van der Waals surface area contributed by atoms with Crippen LogP contribution < -0.4 is 10.1 Å². The molecule has 2 rings (SSSR count). The number of carbonyl (C=O) groups is 2. The van der Waals surface area contributed by atoms with Gasteiger partial charge >= 0.3 is 0 Å². The first-order valence-corrected chi connectivity index (χ1v) is 4.69. The highest BCUT2D eigenvalue weighted by atomic mass is 16.5. The van der Waals surface area contributed by atoms with E-state index >= 15 is 0 Å². The average Bonchev–Trinajstić information content (AvgIpc) is 2.20. The van der Waals surface area contributed by atoms with Crippen molar-refractivity contribution in [2.75, 3.05) is 5.32 Å². The molecule has 1 heterocycles. The quantitative estimate of drug-likeness (QED) is 0.707. The van der Waals surface area contributed by atoms with Gasteiger partial charge in [0.1, 0.15) is 12.0 Å². The maximum atomic E-state index is 11.3. The number of aryl methyl sites for hydroxylation is 1. The summed E-state index contributed by atoms with van der Waals surface area (Å²) in [7, 11) is 0. The van der Waals surface area contributed by atoms with Crippen LogP contribution in [0.2, 0.25) is 0 Å². The lowest BCUT2D eigenvalue weighted by molar-refractivity contribution is -0.122. The SMILES string of the molecule is Cc1cc2c(cc1C=O)NC(=O)C(C)O2. The van der Waals surface area contributed by atoms with Gasteiger partial charge in [0, 0.05) is 5.56 Å². The number of anilines is 1. The lowest BCUT2D eigenvalue weighted by Crippen LogP contribution is -2.34. The molecule has 0 bridgehead atoms. The van der Waals surface area contributed by atoms with Gasteiger partial charge in [0.2, 0.25) is 0 Å². The van der Waals surface area contributed by atoms with Crippen LogP contribution in [0.25, 0.3) is 0 Å². The number of aldehydes is 1. The van der Waals surface area contributed by atoms with Crippen LogP contribution in [0.3, 0.4) is 0 Å². The molecule has 1 amide bonds. The molecule has 0 saturated carbocycles. The van der Waals surface area contributed by atoms with Gasteiger partial charge < -0.3 is 10.1 Å². The molecule has 1 unspecified atom stereocenters. The van der Waals surface area contributed by atoms with Crippen LogP contribution in [0.4, 0.5) is 5.69 Å². The maximum absolute atomic E-state index is 11.3. The van der Waals surface area contributed by atoms with Crippen LogP contribution in [0, 0.1) is 6.92 Å². The normalized spacial score (nSPS) is 18.8. The Morgan fingerprint density at radius 1 is 1.47 bits per heavy atom. The van der Waals surface area contributed by atoms with E-state index in [0.29, 0.717) is 17.0 Å². The lowest BCUT2D eigenvalue weighted by Gasteiger charge is -2.24. The van der Waals surface area contributed by atoms with E-state index in [9.17, 15) is 9.59 Å². The minimum Gasteiger partial charge on any atom is -0.479 e. The van der Waals surface area contributed by atoms with Crippen molar-refractivity contribution in [2.45, 2.75) is 20.0 Å². The minimum atomic E-state index is -0.487. The number of hydrogen-bond donors (Lipinski definition) is 1. The predicted octanol–water partition coefficient (Wildman–Crippen LogP) is 1.53. The van der Waals surface area contributed by atoms with Crippen molar-refractivity contribution in [1.82, 2.24) is 0 Å². The molecule has 0 spiro atoms. The molecular weight excluding hydrogens is 194 g/mol. The summed E-state index contributed by atoms with van der Waals surface area (Å²) in [6, 6.07) is 3.39. The Bertz CT molecular complexity index is 440. The summed E-state index contributed by atoms with van der Waals surface area (Å²) in [5.41, 5.74) is 1.96. The Balaban J connectivity index is 2.49. The molecule has 1 aliphatic heterocycles. The lowest BCUT2D eigenvalue weighted by atomic mass is 10.1. The second-order valence-electron chi connectivity index (χ2n) is 3.57. The fourth-order valence-electron chi connectivity index (χ4n) is 1.50. The summed E-state index contributed by atoms with van der Waals surface area (Å²) in [4.78, 5) is 22.0. The van der Waals surface area contributed by atoms with Crippen LogP contribution in [-0.2, 0) is 4.79 Å². The summed E-state index contributed by atoms with van der Waals surface area (Å²) < 4.78 is 5.40. The molecule has 1 aromatic carbocycles. The van der Waals surface area contributed by atoms with E-state index in [1.165, 1.54) is 0 Å². The monoisotopic (exact) mass is 205 g/mol. The van der Waals surface area contributed by atoms with Crippen LogP contribution in [0.5, 0.6) is 5.75 Å². The first-order valence-electron chi connectivity index (χ1n) is 4.69. The summed E-state index contributed by atoms with van der Waals surface area (Å²) in [6.45, 7) is 3.51. The average molecular weight is 205 g/mol. The molecule has 78 valence electrons. The number of hydrogen-bond acceptors (Lipinski definition) is 3. The van der Waals surface area contributed by atoms with Crippen molar-refractivity contribution in [3.63, 3.8) is 0 Å². The van der Waals surface area contributed by atoms with Crippen molar-refractivity contribution < 1.29 is 14.3 Å². The molecule has 15 heavy (non-hydrogen) atoms. The number of benzene rings is 1. The van der Waals surface area contributed by atoms with Crippen LogP contribution in [-0.4, -0.2) is 18.3 Å². The molecule has 0 radical (unpaired) electrons. The molecule has 0 fully saturated rings. The van der Waals surface area contributed by atoms with Gasteiger partial charge in [-0.05, 0) is 31.5 Å². The van der Waals surface area contributed by atoms with Gasteiger partial charge in [-0.3, -0.25) is 9.59 Å². The van der Waals surface area contributed by atoms with Gasteiger partial charge in [-0.15, -0.1) is 0 Å². The van der Waals surface area contributed by atoms with Crippen LogP contribution >= 0.6 is 0 Å². The minimum absolute atomic E-state index is 0.191. The van der Waals surface area contributed by atoms with E-state index < -0.39 is 6.10 Å². The molecule has 1 N–H and O–H groups in total. The highest BCUT2D eigenvalue weighted by Crippen LogP contribution is 2.31. The fraction of sp³-hybridized carbons (Fsp3) is 0.273. The van der Waals surface area contributed by atoms with Gasteiger partial charge in [-0.1, -0.05) is 0 Å². The molecule has 4 nitrogen and oxygen atoms in total. The molecule has 1 aromatic rings. The zero-order valence-electron chi connectivity index (χ0n) is 8.53. The molecular formula is C11H11NO3. The van der Waals surface area contributed by atoms with Crippen LogP contribution in [0.1, 0.15) is 22.8 Å². The number of amides is 1. The smallest absolute Gasteiger partial charge is 0.265 e. The zero-order valence-corrected chi connectivity index (χ0v) is 8.53. The van der Waals surface area contributed by atoms with Crippen molar-refractivity contribution in [1.29, 1.82) is 0 Å². The van der Waals surface area contributed by atoms with Crippen LogP contribution in [0.15, 0.2) is 12.1 Å². The first-order chi connectivity index (χ1) is 7.11. The third kappa shape index (κ3) is 1.58. The van der Waals surface area contributed by atoms with E-state index in [1.54, 1.807) is 19.1 Å². The summed E-state index contributed by atoms with van der Waals surface area (Å²) in [5, 5.41) is 2.69. The van der Waals surface area contributed by atoms with Crippen molar-refractivity contribution in [3.05, 3.63) is 23.3 Å². The third-order valence-electron chi connectivity index (χ3n) is 2.43. The second kappa shape index (κ2) is 3.38. The van der Waals surface area contributed by atoms with Crippen molar-refractivity contribution in [2.24, 2.45) is 0 Å². The molecule has 1 atom stereocenters. The van der Waals surface area contributed by atoms with E-state index in [-0.39, 0.29) is 5.91 Å². The fourth-order valence-corrected chi connectivity index (χ4v) is 1.50. The number of fused-ring (bicyclic) bond motifs is 1. The summed E-state index contributed by atoms with van der Waals surface area (Å²) in [6.07, 6.45) is 0.277. The first kappa shape index (κ1) is 9.71. The number of rotatable bonds is 1. The Labute approximate surface area is 87.2 Å². The van der Waals surface area contributed by atoms with Crippen molar-refractivity contribution in [3.8, 4) is 5.75 Å². The predicted molar refractivity (Wildman–Crippen MR) is 55.3 cm³/mol. The highest BCUT2D eigenvalue weighted by Gasteiger charge is 2.24. The van der Waals surface area contributed by atoms with E-state index in [4.69, 9.17) is 4.74 Å². The Morgan fingerprint density at radius 2 is 2.20 bits per heavy atom. The number of carbonyl (C=O) groups excluding carboxylic acids is 2. The van der Waals surface area contributed by atoms with Gasteiger partial charge in [0.25, 0.3) is 5.91 Å². The molecule has 0 aromatic heterocycles. The summed E-state index contributed by atoms with van der Waals surface area (Å²) >= 11 is 0. The third-order valence-corrected chi connectivity index (χ3v) is 2.43. The zero-order chi connectivity index (χ0) is 11.0. The molecule has 0 aliphatic carbocycles. The number of ether oxygens (including phenoxy) is 1. The second-order valence-corrected chi connectivity index (χ2v) is 3.57. The van der Waals surface area contributed by atoms with E-state index in [2.05, 4.69) is 5.32 Å². The van der Waals surface area contributed by atoms with E-state index in [0.717, 1.165) is 11.8 Å². The highest BCUT2D eigenvalue weighted by molar-refractivity contribution is 5.98. The molecule has 1 aliphatic rings. The van der Waals surface area contributed by atoms with E-state index in [1.807, 2.05) is 6.92 Å². The van der Waals surface area contributed by atoms with Gasteiger partial charge in [-0.25, -0.2) is 0 Å². The molecule has 0 saturated heterocycles. The number of nitrogens with one attached hydrogen (secondary N) is 1. The maximum Gasteiger partial charge on any atom is 0.265 e. The standard InChI is InChI=1S/C11H11NO3/c1-6-3-10-9(4-8(6)5-13)12-11(14)7(2)15-10/h3-5,7H,1-2H3,(H,12,14). The largest absolute Gasteiger partial charge is 0.479 e. The Kier molecular flexibility index (Phi) is 2.19. The summed E-state index contributed by atoms with van der Waals surface area (Å²) in [5.74, 6) is 0.424. The van der Waals surface area contributed by atoms with Gasteiger partial charge in [0.05, 0.1) is 5.69 Å². The van der Waals surface area contributed by atoms with Gasteiger partial charge in [0.15, 0.2) is 6.10 Å². The molecule has 4 heteroatoms. The van der Waals surface area contributed by atoms with Gasteiger partial charge in [-0.2, -0.15) is 0 Å². The van der Waals surface area contributed by atoms with Crippen molar-refractivity contribution >= 4 is 17.9 Å². The Hall–Kier alpha value is -1.84. The Morgan fingerprint density at radius 3 is 2.87 bits per heavy atom.